The Hall–Kier alpha value is -6.78. The topological polar surface area (TPSA) is 42.5 Å². The number of rotatable bonds is 34. The van der Waals surface area contributed by atoms with E-state index in [0.717, 1.165) is 69.3 Å². The highest BCUT2D eigenvalue weighted by atomic mass is 16.5. The second-order valence-corrected chi connectivity index (χ2v) is 20.9. The summed E-state index contributed by atoms with van der Waals surface area (Å²) in [5.41, 5.74) is 16.0. The van der Waals surface area contributed by atoms with Crippen molar-refractivity contribution in [2.24, 2.45) is 0 Å². The van der Waals surface area contributed by atoms with E-state index >= 15 is 0 Å². The molecule has 76 heavy (non-hydrogen) atoms. The van der Waals surface area contributed by atoms with Crippen LogP contribution in [0.3, 0.4) is 0 Å². The van der Waals surface area contributed by atoms with Crippen molar-refractivity contribution in [3.05, 3.63) is 191 Å². The van der Waals surface area contributed by atoms with Crippen LogP contribution in [0.5, 0.6) is 11.5 Å². The molecule has 0 aliphatic rings. The van der Waals surface area contributed by atoms with E-state index in [1.165, 1.54) is 149 Å². The molecule has 0 saturated carbocycles. The first-order chi connectivity index (χ1) is 37.4. The predicted octanol–water partition coefficient (Wildman–Crippen LogP) is 22.1. The van der Waals surface area contributed by atoms with Gasteiger partial charge in [-0.2, -0.15) is 0 Å². The van der Waals surface area contributed by atoms with E-state index in [4.69, 9.17) is 9.47 Å². The van der Waals surface area contributed by atoms with Crippen molar-refractivity contribution in [3.8, 4) is 33.8 Å². The smallest absolute Gasteiger partial charge is 0.133 e. The minimum absolute atomic E-state index is 0.674. The van der Waals surface area contributed by atoms with Gasteiger partial charge in [-0.25, -0.2) is 0 Å². The van der Waals surface area contributed by atoms with Crippen LogP contribution in [0, 0.1) is 13.8 Å². The predicted molar refractivity (Wildman–Crippen MR) is 332 cm³/mol. The lowest BCUT2D eigenvalue weighted by Gasteiger charge is -2.16. The number of hydrogen-bond donors (Lipinski definition) is 2. The van der Waals surface area contributed by atoms with E-state index in [2.05, 4.69) is 220 Å². The summed E-state index contributed by atoms with van der Waals surface area (Å²) in [7, 11) is 0. The molecule has 0 spiro atoms. The highest BCUT2D eigenvalue weighted by Gasteiger charge is 2.12. The number of hydrogen-bond acceptors (Lipinski definition) is 4. The molecule has 0 fully saturated rings. The molecule has 0 bridgehead atoms. The molecule has 0 amide bonds. The summed E-state index contributed by atoms with van der Waals surface area (Å²) in [5.74, 6) is 1.77. The van der Waals surface area contributed by atoms with Crippen molar-refractivity contribution < 1.29 is 9.47 Å². The first-order valence-electron chi connectivity index (χ1n) is 29.3. The van der Waals surface area contributed by atoms with Crippen LogP contribution in [0.4, 0.5) is 22.7 Å². The minimum atomic E-state index is 0.674. The SMILES string of the molecule is CCCCCCCCCCCCOc1cc(/C=C/c2ccc(Nc3cccc(-c4ccccc4C)c3)cc2)c(OCCCCCCCCCCCC)c(/C=C/c2ccc(Nc3cccc(-c4ccccc4C)c3)cc2)c1. The van der Waals surface area contributed by atoms with Crippen LogP contribution in [0.25, 0.3) is 46.6 Å². The zero-order chi connectivity index (χ0) is 52.8. The van der Waals surface area contributed by atoms with Crippen molar-refractivity contribution in [2.45, 2.75) is 156 Å². The maximum Gasteiger partial charge on any atom is 0.133 e. The number of benzene rings is 7. The molecule has 0 atom stereocenters. The zero-order valence-electron chi connectivity index (χ0n) is 46.7. The van der Waals surface area contributed by atoms with Gasteiger partial charge in [-0.15, -0.1) is 0 Å². The Kier molecular flexibility index (Phi) is 24.4. The number of nitrogens with one attached hydrogen (secondary N) is 2. The Morgan fingerprint density at radius 1 is 0.342 bits per heavy atom. The van der Waals surface area contributed by atoms with Crippen LogP contribution in [-0.4, -0.2) is 13.2 Å². The minimum Gasteiger partial charge on any atom is -0.494 e. The number of unbranched alkanes of at least 4 members (excludes halogenated alkanes) is 18. The summed E-state index contributed by atoms with van der Waals surface area (Å²) in [6.07, 6.45) is 34.7. The van der Waals surface area contributed by atoms with Gasteiger partial charge in [0.15, 0.2) is 0 Å². The van der Waals surface area contributed by atoms with Crippen LogP contribution in [0.2, 0.25) is 0 Å². The molecule has 0 aliphatic carbocycles. The first-order valence-corrected chi connectivity index (χ1v) is 29.3. The lowest BCUT2D eigenvalue weighted by molar-refractivity contribution is 0.295. The standard InChI is InChI=1S/C72H88N2O2/c1-5-7-9-11-13-15-17-19-21-27-51-75-69-55-63(45-39-59-41-47-65(48-42-59)73-67-35-29-33-61(53-67)70-37-25-23-31-57(70)3)72(76-52-28-22-20-18-16-14-12-10-8-6-2)64(56-69)46-40-60-43-49-66(50-44-60)74-68-36-30-34-62(54-68)71-38-26-24-32-58(71)4/h23-26,29-50,53-56,73-74H,5-22,27-28,51-52H2,1-4H3/b45-39+,46-40+. The molecule has 0 heterocycles. The van der Waals surface area contributed by atoms with E-state index in [-0.39, 0.29) is 0 Å². The van der Waals surface area contributed by atoms with Crippen LogP contribution in [0.1, 0.15) is 176 Å². The van der Waals surface area contributed by atoms with Gasteiger partial charge in [-0.3, -0.25) is 0 Å². The van der Waals surface area contributed by atoms with E-state index in [1.54, 1.807) is 0 Å². The van der Waals surface area contributed by atoms with Gasteiger partial charge in [0, 0.05) is 33.9 Å². The van der Waals surface area contributed by atoms with Crippen molar-refractivity contribution >= 4 is 47.1 Å². The van der Waals surface area contributed by atoms with E-state index in [1.807, 2.05) is 0 Å². The van der Waals surface area contributed by atoms with E-state index in [9.17, 15) is 0 Å². The number of ether oxygens (including phenoxy) is 2. The van der Waals surface area contributed by atoms with Gasteiger partial charge >= 0.3 is 0 Å². The molecular weight excluding hydrogens is 925 g/mol. The van der Waals surface area contributed by atoms with Crippen molar-refractivity contribution in [2.75, 3.05) is 23.8 Å². The fraction of sp³-hybridized carbons (Fsp3) is 0.361. The van der Waals surface area contributed by atoms with Gasteiger partial charge in [-0.05, 0) is 132 Å². The Balaban J connectivity index is 1.08. The third kappa shape index (κ3) is 19.4. The first kappa shape index (κ1) is 56.9. The summed E-state index contributed by atoms with van der Waals surface area (Å²) in [5, 5.41) is 7.28. The molecular formula is C72H88N2O2. The fourth-order valence-electron chi connectivity index (χ4n) is 10.1. The van der Waals surface area contributed by atoms with Gasteiger partial charge in [0.1, 0.15) is 11.5 Å². The molecule has 398 valence electrons. The van der Waals surface area contributed by atoms with Crippen molar-refractivity contribution in [3.63, 3.8) is 0 Å². The summed E-state index contributed by atoms with van der Waals surface area (Å²) >= 11 is 0. The van der Waals surface area contributed by atoms with Crippen LogP contribution in [0.15, 0.2) is 158 Å². The Morgan fingerprint density at radius 3 is 1.13 bits per heavy atom. The zero-order valence-corrected chi connectivity index (χ0v) is 46.7. The molecule has 7 rings (SSSR count). The molecule has 7 aromatic carbocycles. The molecule has 0 aliphatic heterocycles. The molecule has 0 aromatic heterocycles. The number of anilines is 4. The molecule has 0 radical (unpaired) electrons. The summed E-state index contributed by atoms with van der Waals surface area (Å²) < 4.78 is 13.5. The molecule has 0 unspecified atom stereocenters. The highest BCUT2D eigenvalue weighted by Crippen LogP contribution is 2.35. The van der Waals surface area contributed by atoms with Crippen LogP contribution >= 0.6 is 0 Å². The van der Waals surface area contributed by atoms with Gasteiger partial charge in [0.25, 0.3) is 0 Å². The third-order valence-corrected chi connectivity index (χ3v) is 14.6. The van der Waals surface area contributed by atoms with Gasteiger partial charge < -0.3 is 20.1 Å². The van der Waals surface area contributed by atoms with Crippen LogP contribution < -0.4 is 20.1 Å². The highest BCUT2D eigenvalue weighted by molar-refractivity contribution is 5.82. The lowest BCUT2D eigenvalue weighted by atomic mass is 10.0. The van der Waals surface area contributed by atoms with E-state index in [0.29, 0.717) is 13.2 Å². The Bertz CT molecular complexity index is 2660. The third-order valence-electron chi connectivity index (χ3n) is 14.6. The Labute approximate surface area is 459 Å². The maximum absolute atomic E-state index is 6.87. The fourth-order valence-corrected chi connectivity index (χ4v) is 10.1. The normalized spacial score (nSPS) is 11.4. The second kappa shape index (κ2) is 32.6. The van der Waals surface area contributed by atoms with Crippen LogP contribution in [-0.2, 0) is 0 Å². The number of aryl methyl sites for hydroxylation is 2. The average Bonchev–Trinajstić information content (AvgIpc) is 3.44. The molecule has 4 nitrogen and oxygen atoms in total. The lowest BCUT2D eigenvalue weighted by Crippen LogP contribution is -2.03. The van der Waals surface area contributed by atoms with Crippen molar-refractivity contribution in [1.82, 2.24) is 0 Å². The molecule has 4 heteroatoms. The second-order valence-electron chi connectivity index (χ2n) is 20.9. The Morgan fingerprint density at radius 2 is 0.724 bits per heavy atom. The molecule has 7 aromatic rings. The average molecular weight is 1010 g/mol. The quantitative estimate of drug-likeness (QED) is 0.0312. The monoisotopic (exact) mass is 1010 g/mol. The summed E-state index contributed by atoms with van der Waals surface area (Å²) in [6.45, 7) is 10.3. The molecule has 0 saturated heterocycles. The summed E-state index contributed by atoms with van der Waals surface area (Å²) in [4.78, 5) is 0. The van der Waals surface area contributed by atoms with Gasteiger partial charge in [0.05, 0.1) is 13.2 Å². The van der Waals surface area contributed by atoms with E-state index < -0.39 is 0 Å². The maximum atomic E-state index is 6.87. The van der Waals surface area contributed by atoms with Crippen molar-refractivity contribution in [1.29, 1.82) is 0 Å². The van der Waals surface area contributed by atoms with Gasteiger partial charge in [-0.1, -0.05) is 251 Å². The summed E-state index contributed by atoms with van der Waals surface area (Å²) in [6, 6.07) is 56.2. The van der Waals surface area contributed by atoms with Gasteiger partial charge in [0.2, 0.25) is 0 Å². The molecule has 2 N–H and O–H groups in total. The largest absolute Gasteiger partial charge is 0.494 e.